The fraction of sp³-hybridized carbons (Fsp3) is 0.218. The van der Waals surface area contributed by atoms with Crippen molar-refractivity contribution in [3.63, 3.8) is 0 Å². The number of ether oxygens (including phenoxy) is 1. The lowest BCUT2D eigenvalue weighted by Crippen LogP contribution is -2.30. The van der Waals surface area contributed by atoms with Gasteiger partial charge in [0.25, 0.3) is 0 Å². The number of para-hydroxylation sites is 1. The number of hydrogen-bond donors (Lipinski definition) is 0. The van der Waals surface area contributed by atoms with Crippen LogP contribution in [0.25, 0.3) is 38.8 Å². The lowest BCUT2D eigenvalue weighted by atomic mass is 9.78. The second-order valence-electron chi connectivity index (χ2n) is 18.7. The Morgan fingerprint density at radius 2 is 1.17 bits per heavy atom. The second-order valence-corrected chi connectivity index (χ2v) is 18.7. The van der Waals surface area contributed by atoms with Gasteiger partial charge in [-0.15, -0.1) is 0 Å². The Balaban J connectivity index is 1.09. The molecule has 0 atom stereocenters. The van der Waals surface area contributed by atoms with Gasteiger partial charge in [-0.2, -0.15) is 0 Å². The van der Waals surface area contributed by atoms with Gasteiger partial charge in [0.1, 0.15) is 17.3 Å². The van der Waals surface area contributed by atoms with Crippen LogP contribution in [0.3, 0.4) is 0 Å². The third-order valence-electron chi connectivity index (χ3n) is 12.1. The molecule has 5 nitrogen and oxygen atoms in total. The Morgan fingerprint density at radius 1 is 0.500 bits per heavy atom. The van der Waals surface area contributed by atoms with Gasteiger partial charge in [-0.25, -0.2) is 4.98 Å². The summed E-state index contributed by atoms with van der Waals surface area (Å²) < 4.78 is 9.18. The van der Waals surface area contributed by atoms with E-state index in [1.54, 1.807) is 0 Å². The zero-order valence-electron chi connectivity index (χ0n) is 36.1. The largest absolute Gasteiger partial charge is 0.457 e. The normalized spacial score (nSPS) is 13.6. The van der Waals surface area contributed by atoms with Crippen molar-refractivity contribution in [3.05, 3.63) is 193 Å². The van der Waals surface area contributed by atoms with Crippen molar-refractivity contribution in [1.82, 2.24) is 9.55 Å². The highest BCUT2D eigenvalue weighted by atomic mass is 16.5. The molecule has 5 heteroatoms. The molecule has 8 aromatic rings. The minimum absolute atomic E-state index is 0.00818. The molecule has 6 aromatic carbocycles. The number of pyridine rings is 1. The first-order valence-electron chi connectivity index (χ1n) is 21.1. The smallest absolute Gasteiger partial charge is 0.137 e. The first kappa shape index (κ1) is 38.9. The van der Waals surface area contributed by atoms with Gasteiger partial charge in [0.15, 0.2) is 0 Å². The summed E-state index contributed by atoms with van der Waals surface area (Å²) in [5.74, 6) is 2.44. The van der Waals surface area contributed by atoms with Crippen LogP contribution in [0, 0.1) is 5.41 Å². The molecule has 9 rings (SSSR count). The van der Waals surface area contributed by atoms with Crippen LogP contribution < -0.4 is 14.5 Å². The van der Waals surface area contributed by atoms with Gasteiger partial charge in [-0.1, -0.05) is 146 Å². The summed E-state index contributed by atoms with van der Waals surface area (Å²) in [5, 5.41) is 2.35. The number of rotatable bonds is 8. The van der Waals surface area contributed by atoms with Crippen molar-refractivity contribution in [2.75, 3.05) is 16.5 Å². The summed E-state index contributed by atoms with van der Waals surface area (Å²) in [6.45, 7) is 18.9. The number of anilines is 2. The molecular weight excluding hydrogens is 733 g/mol. The van der Waals surface area contributed by atoms with E-state index in [-0.39, 0.29) is 16.2 Å². The number of benzene rings is 6. The van der Waals surface area contributed by atoms with Crippen LogP contribution in [0.1, 0.15) is 72.1 Å². The molecule has 1 aliphatic rings. The molecule has 0 bridgehead atoms. The van der Waals surface area contributed by atoms with Crippen molar-refractivity contribution in [2.45, 2.75) is 66.2 Å². The molecule has 0 amide bonds. The fourth-order valence-corrected chi connectivity index (χ4v) is 8.55. The Hall–Kier alpha value is -6.59. The summed E-state index contributed by atoms with van der Waals surface area (Å²) in [6.07, 6.45) is 4.24. The Kier molecular flexibility index (Phi) is 9.66. The fourth-order valence-electron chi connectivity index (χ4n) is 8.55. The van der Waals surface area contributed by atoms with Gasteiger partial charge in [-0.05, 0) is 87.8 Å². The third-order valence-corrected chi connectivity index (χ3v) is 12.1. The molecule has 1 aliphatic heterocycles. The summed E-state index contributed by atoms with van der Waals surface area (Å²) in [5.41, 5.74) is 11.5. The minimum atomic E-state index is -0.108. The van der Waals surface area contributed by atoms with E-state index in [0.29, 0.717) is 6.67 Å². The monoisotopic (exact) mass is 786 g/mol. The molecule has 0 saturated heterocycles. The van der Waals surface area contributed by atoms with Crippen molar-refractivity contribution in [2.24, 2.45) is 5.41 Å². The maximum Gasteiger partial charge on any atom is 0.137 e. The summed E-state index contributed by atoms with van der Waals surface area (Å²) in [6, 6.07) is 56.4. The van der Waals surface area contributed by atoms with Gasteiger partial charge in [0.2, 0.25) is 0 Å². The van der Waals surface area contributed by atoms with Crippen LogP contribution in [-0.2, 0) is 10.8 Å². The summed E-state index contributed by atoms with van der Waals surface area (Å²) in [4.78, 5) is 9.70. The average molecular weight is 787 g/mol. The van der Waals surface area contributed by atoms with Crippen LogP contribution in [0.5, 0.6) is 11.5 Å². The zero-order valence-corrected chi connectivity index (χ0v) is 36.1. The molecule has 300 valence electrons. The van der Waals surface area contributed by atoms with Gasteiger partial charge < -0.3 is 14.5 Å². The van der Waals surface area contributed by atoms with Crippen LogP contribution in [0.2, 0.25) is 0 Å². The Morgan fingerprint density at radius 3 is 1.88 bits per heavy atom. The Labute approximate surface area is 355 Å². The molecule has 0 aliphatic carbocycles. The van der Waals surface area contributed by atoms with Crippen molar-refractivity contribution in [3.8, 4) is 28.4 Å². The molecule has 3 heterocycles. The maximum atomic E-state index is 6.91. The van der Waals surface area contributed by atoms with Gasteiger partial charge >= 0.3 is 0 Å². The van der Waals surface area contributed by atoms with Gasteiger partial charge in [0.05, 0.1) is 17.7 Å². The van der Waals surface area contributed by atoms with Crippen LogP contribution in [0.4, 0.5) is 11.4 Å². The minimum Gasteiger partial charge on any atom is -0.457 e. The molecular formula is C55H54N4O. The van der Waals surface area contributed by atoms with E-state index in [4.69, 9.17) is 9.72 Å². The molecule has 2 aromatic heterocycles. The summed E-state index contributed by atoms with van der Waals surface area (Å²) >= 11 is 0. The van der Waals surface area contributed by atoms with E-state index < -0.39 is 0 Å². The van der Waals surface area contributed by atoms with Crippen LogP contribution >= 0.6 is 0 Å². The van der Waals surface area contributed by atoms with E-state index in [0.717, 1.165) is 50.6 Å². The number of aromatic nitrogens is 2. The van der Waals surface area contributed by atoms with E-state index in [2.05, 4.69) is 234 Å². The number of fused-ring (bicyclic) bond motifs is 3. The average Bonchev–Trinajstić information content (AvgIpc) is 3.85. The van der Waals surface area contributed by atoms with E-state index in [9.17, 15) is 0 Å². The van der Waals surface area contributed by atoms with Gasteiger partial charge in [-0.3, -0.25) is 4.57 Å². The predicted molar refractivity (Wildman–Crippen MR) is 252 cm³/mol. The number of nitrogens with zero attached hydrogens (tertiary/aromatic N) is 4. The van der Waals surface area contributed by atoms with E-state index in [1.807, 2.05) is 6.20 Å². The standard InChI is InChI=1S/C55H54N4O/c1-53(2,3)42-29-30-56-52(33-42)59-49-22-16-15-21-47(49)48-28-27-45(35-50(48)59)60-46-32-39(38-17-11-9-12-18-38)31-44(34-46)57-36-51(54(4,5)6)58(37-57)43-25-23-41(24-26-43)55(7,8)40-19-13-10-14-20-40/h9-36H,37H2,1-8H3. The van der Waals surface area contributed by atoms with Crippen molar-refractivity contribution in [1.29, 1.82) is 0 Å². The van der Waals surface area contributed by atoms with E-state index >= 15 is 0 Å². The lowest BCUT2D eigenvalue weighted by molar-refractivity contribution is 0.483. The highest BCUT2D eigenvalue weighted by Crippen LogP contribution is 2.42. The number of hydrogen-bond acceptors (Lipinski definition) is 4. The quantitative estimate of drug-likeness (QED) is 0.154. The van der Waals surface area contributed by atoms with Crippen LogP contribution in [-0.4, -0.2) is 16.2 Å². The topological polar surface area (TPSA) is 33.5 Å². The SMILES string of the molecule is CC(C)(C)C1=CN(c2cc(Oc3ccc4c5ccccc5n(-c5cc(C(C)(C)C)ccn5)c4c3)cc(-c3ccccc3)c2)CN1c1ccc(C(C)(C)c2ccccc2)cc1. The maximum absolute atomic E-state index is 6.91. The van der Waals surface area contributed by atoms with Crippen molar-refractivity contribution >= 4 is 33.2 Å². The zero-order chi connectivity index (χ0) is 41.8. The first-order valence-corrected chi connectivity index (χ1v) is 21.1. The van der Waals surface area contributed by atoms with Gasteiger partial charge in [0, 0.05) is 63.2 Å². The van der Waals surface area contributed by atoms with Crippen LogP contribution in [0.15, 0.2) is 176 Å². The first-order chi connectivity index (χ1) is 28.7. The molecule has 0 spiro atoms. The highest BCUT2D eigenvalue weighted by molar-refractivity contribution is 6.09. The predicted octanol–water partition coefficient (Wildman–Crippen LogP) is 14.4. The Bertz CT molecular complexity index is 2860. The summed E-state index contributed by atoms with van der Waals surface area (Å²) in [7, 11) is 0. The van der Waals surface area contributed by atoms with E-state index in [1.165, 1.54) is 33.5 Å². The molecule has 0 fully saturated rings. The highest BCUT2D eigenvalue weighted by Gasteiger charge is 2.32. The molecule has 0 unspecified atom stereocenters. The number of allylic oxidation sites excluding steroid dienone is 1. The second kappa shape index (κ2) is 14.9. The molecule has 60 heavy (non-hydrogen) atoms. The molecule has 0 radical (unpaired) electrons. The molecule has 0 N–H and O–H groups in total. The molecule has 0 saturated carbocycles. The third kappa shape index (κ3) is 7.34. The lowest BCUT2D eigenvalue weighted by Gasteiger charge is -2.32. The van der Waals surface area contributed by atoms with Crippen molar-refractivity contribution < 1.29 is 4.74 Å².